The standard InChI is InChI=1S/C13H23N3O2/c1-17-12-4-3-10(7-13(12)18-2)5-6-16-9-11(15)8-14/h3-4,7,11,16H,5-6,8-9,14-15H2,1-2H3. The fourth-order valence-electron chi connectivity index (χ4n) is 1.64. The van der Waals surface area contributed by atoms with Crippen molar-refractivity contribution in [3.63, 3.8) is 0 Å². The Hall–Kier alpha value is -1.30. The molecule has 0 aliphatic heterocycles. The lowest BCUT2D eigenvalue weighted by molar-refractivity contribution is 0.354. The summed E-state index contributed by atoms with van der Waals surface area (Å²) in [5.41, 5.74) is 12.3. The quantitative estimate of drug-likeness (QED) is 0.573. The summed E-state index contributed by atoms with van der Waals surface area (Å²) in [7, 11) is 3.27. The molecule has 5 heteroatoms. The zero-order valence-electron chi connectivity index (χ0n) is 11.1. The van der Waals surface area contributed by atoms with Crippen LogP contribution in [-0.2, 0) is 6.42 Å². The third-order valence-electron chi connectivity index (χ3n) is 2.75. The molecule has 0 aromatic heterocycles. The largest absolute Gasteiger partial charge is 0.493 e. The Morgan fingerprint density at radius 1 is 1.22 bits per heavy atom. The van der Waals surface area contributed by atoms with E-state index in [0.717, 1.165) is 31.0 Å². The molecule has 5 N–H and O–H groups in total. The van der Waals surface area contributed by atoms with Crippen LogP contribution in [0, 0.1) is 0 Å². The van der Waals surface area contributed by atoms with Gasteiger partial charge in [-0.05, 0) is 30.7 Å². The third kappa shape index (κ3) is 4.52. The first-order valence-electron chi connectivity index (χ1n) is 6.08. The molecular weight excluding hydrogens is 230 g/mol. The smallest absolute Gasteiger partial charge is 0.160 e. The van der Waals surface area contributed by atoms with Gasteiger partial charge >= 0.3 is 0 Å². The van der Waals surface area contributed by atoms with Crippen molar-refractivity contribution in [3.05, 3.63) is 23.8 Å². The average molecular weight is 253 g/mol. The zero-order valence-corrected chi connectivity index (χ0v) is 11.1. The molecule has 102 valence electrons. The fourth-order valence-corrected chi connectivity index (χ4v) is 1.64. The van der Waals surface area contributed by atoms with E-state index in [1.165, 1.54) is 5.56 Å². The second-order valence-electron chi connectivity index (χ2n) is 4.14. The highest BCUT2D eigenvalue weighted by atomic mass is 16.5. The van der Waals surface area contributed by atoms with Gasteiger partial charge in [0.1, 0.15) is 0 Å². The van der Waals surface area contributed by atoms with Crippen LogP contribution < -0.4 is 26.3 Å². The summed E-state index contributed by atoms with van der Waals surface area (Å²) < 4.78 is 10.4. The lowest BCUT2D eigenvalue weighted by Gasteiger charge is -2.11. The highest BCUT2D eigenvalue weighted by Crippen LogP contribution is 2.27. The Morgan fingerprint density at radius 2 is 1.94 bits per heavy atom. The van der Waals surface area contributed by atoms with Crippen molar-refractivity contribution >= 4 is 0 Å². The van der Waals surface area contributed by atoms with Crippen molar-refractivity contribution in [1.82, 2.24) is 5.32 Å². The maximum atomic E-state index is 5.71. The highest BCUT2D eigenvalue weighted by Gasteiger charge is 2.04. The molecule has 0 heterocycles. The van der Waals surface area contributed by atoms with Gasteiger partial charge in [0.2, 0.25) is 0 Å². The minimum absolute atomic E-state index is 0.0235. The van der Waals surface area contributed by atoms with Crippen LogP contribution in [0.3, 0.4) is 0 Å². The van der Waals surface area contributed by atoms with Gasteiger partial charge in [-0.1, -0.05) is 6.07 Å². The van der Waals surface area contributed by atoms with Crippen LogP contribution in [-0.4, -0.2) is 39.9 Å². The molecule has 0 amide bonds. The maximum absolute atomic E-state index is 5.71. The van der Waals surface area contributed by atoms with E-state index in [2.05, 4.69) is 5.32 Å². The van der Waals surface area contributed by atoms with E-state index in [-0.39, 0.29) is 6.04 Å². The highest BCUT2D eigenvalue weighted by molar-refractivity contribution is 5.42. The van der Waals surface area contributed by atoms with Crippen molar-refractivity contribution in [2.45, 2.75) is 12.5 Å². The summed E-state index contributed by atoms with van der Waals surface area (Å²) in [4.78, 5) is 0. The number of nitrogens with two attached hydrogens (primary N) is 2. The Morgan fingerprint density at radius 3 is 2.56 bits per heavy atom. The second kappa shape index (κ2) is 7.92. The second-order valence-corrected chi connectivity index (χ2v) is 4.14. The van der Waals surface area contributed by atoms with Crippen LogP contribution in [0.15, 0.2) is 18.2 Å². The first-order chi connectivity index (χ1) is 8.71. The van der Waals surface area contributed by atoms with Crippen LogP contribution in [0.4, 0.5) is 0 Å². The first kappa shape index (κ1) is 14.8. The molecule has 0 aliphatic carbocycles. The molecule has 0 saturated heterocycles. The van der Waals surface area contributed by atoms with Gasteiger partial charge in [0.05, 0.1) is 14.2 Å². The molecule has 18 heavy (non-hydrogen) atoms. The van der Waals surface area contributed by atoms with Crippen molar-refractivity contribution in [2.75, 3.05) is 33.9 Å². The molecule has 0 fully saturated rings. The molecular formula is C13H23N3O2. The van der Waals surface area contributed by atoms with Crippen molar-refractivity contribution < 1.29 is 9.47 Å². The number of methoxy groups -OCH3 is 2. The Balaban J connectivity index is 2.43. The molecule has 1 aromatic rings. The van der Waals surface area contributed by atoms with Crippen molar-refractivity contribution in [2.24, 2.45) is 11.5 Å². The molecule has 1 rings (SSSR count). The van der Waals surface area contributed by atoms with E-state index in [1.54, 1.807) is 14.2 Å². The SMILES string of the molecule is COc1ccc(CCNCC(N)CN)cc1OC. The average Bonchev–Trinajstić information content (AvgIpc) is 2.42. The van der Waals surface area contributed by atoms with Crippen molar-refractivity contribution in [1.29, 1.82) is 0 Å². The summed E-state index contributed by atoms with van der Waals surface area (Å²) in [6.45, 7) is 2.11. The summed E-state index contributed by atoms with van der Waals surface area (Å²) >= 11 is 0. The number of hydrogen-bond acceptors (Lipinski definition) is 5. The zero-order chi connectivity index (χ0) is 13.4. The number of benzene rings is 1. The van der Waals surface area contributed by atoms with Crippen LogP contribution in [0.2, 0.25) is 0 Å². The van der Waals surface area contributed by atoms with E-state index in [4.69, 9.17) is 20.9 Å². The van der Waals surface area contributed by atoms with Gasteiger partial charge < -0.3 is 26.3 Å². The molecule has 0 spiro atoms. The Kier molecular flexibility index (Phi) is 6.49. The van der Waals surface area contributed by atoms with E-state index in [1.807, 2.05) is 18.2 Å². The molecule has 0 bridgehead atoms. The summed E-state index contributed by atoms with van der Waals surface area (Å²) in [6.07, 6.45) is 0.914. The molecule has 1 unspecified atom stereocenters. The topological polar surface area (TPSA) is 82.5 Å². The summed E-state index contributed by atoms with van der Waals surface area (Å²) in [5.74, 6) is 1.51. The van der Waals surface area contributed by atoms with Gasteiger partial charge in [-0.15, -0.1) is 0 Å². The summed E-state index contributed by atoms with van der Waals surface area (Å²) in [5, 5.41) is 3.27. The lowest BCUT2D eigenvalue weighted by atomic mass is 10.1. The van der Waals surface area contributed by atoms with E-state index >= 15 is 0 Å². The van der Waals surface area contributed by atoms with Gasteiger partial charge in [-0.2, -0.15) is 0 Å². The molecule has 0 radical (unpaired) electrons. The number of ether oxygens (including phenoxy) is 2. The van der Waals surface area contributed by atoms with Gasteiger partial charge in [-0.3, -0.25) is 0 Å². The van der Waals surface area contributed by atoms with Gasteiger partial charge in [0, 0.05) is 19.1 Å². The number of rotatable bonds is 8. The predicted octanol–water partition coefficient (Wildman–Crippen LogP) is 0.122. The van der Waals surface area contributed by atoms with E-state index in [9.17, 15) is 0 Å². The minimum Gasteiger partial charge on any atom is -0.493 e. The van der Waals surface area contributed by atoms with Crippen LogP contribution in [0.25, 0.3) is 0 Å². The normalized spacial score (nSPS) is 12.2. The summed E-state index contributed by atoms with van der Waals surface area (Å²) in [6, 6.07) is 5.96. The monoisotopic (exact) mass is 253 g/mol. The fraction of sp³-hybridized carbons (Fsp3) is 0.538. The van der Waals surface area contributed by atoms with Gasteiger partial charge in [0.15, 0.2) is 11.5 Å². The van der Waals surface area contributed by atoms with Crippen LogP contribution in [0.5, 0.6) is 11.5 Å². The van der Waals surface area contributed by atoms with Crippen LogP contribution in [0.1, 0.15) is 5.56 Å². The third-order valence-corrected chi connectivity index (χ3v) is 2.75. The number of nitrogens with one attached hydrogen (secondary N) is 1. The Labute approximate surface area is 108 Å². The molecule has 0 aliphatic rings. The molecule has 1 aromatic carbocycles. The molecule has 0 saturated carbocycles. The first-order valence-corrected chi connectivity index (χ1v) is 6.08. The maximum Gasteiger partial charge on any atom is 0.160 e. The van der Waals surface area contributed by atoms with Gasteiger partial charge in [0.25, 0.3) is 0 Å². The number of hydrogen-bond donors (Lipinski definition) is 3. The van der Waals surface area contributed by atoms with Gasteiger partial charge in [-0.25, -0.2) is 0 Å². The van der Waals surface area contributed by atoms with Crippen molar-refractivity contribution in [3.8, 4) is 11.5 Å². The predicted molar refractivity (Wildman–Crippen MR) is 73.1 cm³/mol. The van der Waals surface area contributed by atoms with E-state index < -0.39 is 0 Å². The van der Waals surface area contributed by atoms with E-state index in [0.29, 0.717) is 6.54 Å². The molecule has 1 atom stereocenters. The lowest BCUT2D eigenvalue weighted by Crippen LogP contribution is -2.40. The van der Waals surface area contributed by atoms with Crippen LogP contribution >= 0.6 is 0 Å². The molecule has 5 nitrogen and oxygen atoms in total. The minimum atomic E-state index is 0.0235. The Bertz CT molecular complexity index is 358.